The van der Waals surface area contributed by atoms with Gasteiger partial charge in [-0.15, -0.1) is 0 Å². The van der Waals surface area contributed by atoms with Crippen LogP contribution in [0.5, 0.6) is 0 Å². The van der Waals surface area contributed by atoms with Crippen molar-refractivity contribution >= 4 is 29.5 Å². The van der Waals surface area contributed by atoms with Gasteiger partial charge in [0.25, 0.3) is 0 Å². The lowest BCUT2D eigenvalue weighted by Gasteiger charge is -2.22. The largest absolute Gasteiger partial charge is 0.490 e. The third-order valence-corrected chi connectivity index (χ3v) is 5.78. The molecule has 0 spiro atoms. The normalized spacial score (nSPS) is 14.6. The summed E-state index contributed by atoms with van der Waals surface area (Å²) in [5, 5.41) is 12.4. The predicted octanol–water partition coefficient (Wildman–Crippen LogP) is 4.70. The van der Waals surface area contributed by atoms with Gasteiger partial charge < -0.3 is 10.1 Å². The SMILES string of the molecule is O=C(Nc1ccc(COC(=O)C(F)(F)F)c(C#Cc2cnc3cccnn23)c1)N1N=CC[C@@H]1c1ccccc1. The van der Waals surface area contributed by atoms with Gasteiger partial charge in [-0.05, 0) is 35.7 Å². The Morgan fingerprint density at radius 3 is 2.69 bits per heavy atom. The topological polar surface area (TPSA) is 101 Å². The second kappa shape index (κ2) is 10.7. The van der Waals surface area contributed by atoms with Crippen LogP contribution >= 0.6 is 0 Å². The number of carbonyl (C=O) groups is 2. The van der Waals surface area contributed by atoms with Crippen LogP contribution in [0.25, 0.3) is 5.65 Å². The van der Waals surface area contributed by atoms with Gasteiger partial charge in [0, 0.05) is 35.6 Å². The van der Waals surface area contributed by atoms with E-state index in [-0.39, 0.29) is 17.2 Å². The van der Waals surface area contributed by atoms with E-state index < -0.39 is 24.8 Å². The minimum Gasteiger partial charge on any atom is -0.454 e. The number of anilines is 1. The number of hydrogen-bond donors (Lipinski definition) is 1. The molecule has 0 saturated carbocycles. The van der Waals surface area contributed by atoms with E-state index in [1.54, 1.807) is 24.5 Å². The minimum atomic E-state index is -5.13. The Kier molecular flexibility index (Phi) is 6.96. The second-order valence-electron chi connectivity index (χ2n) is 8.37. The lowest BCUT2D eigenvalue weighted by molar-refractivity contribution is -0.201. The van der Waals surface area contributed by atoms with Gasteiger partial charge in [0.15, 0.2) is 5.65 Å². The molecule has 12 heteroatoms. The monoisotopic (exact) mass is 532 g/mol. The zero-order valence-corrected chi connectivity index (χ0v) is 20.1. The standard InChI is InChI=1S/C27H19F3N6O3/c28-27(29,30)25(37)39-17-20-8-10-21(15-19(20)9-11-22-16-31-24-7-4-13-32-35(22)24)34-26(38)36-23(12-14-33-36)18-5-2-1-3-6-18/h1-8,10,13-16,23H,12,17H2,(H,34,38)/t23-/m1/s1. The van der Waals surface area contributed by atoms with Gasteiger partial charge in [0.2, 0.25) is 0 Å². The van der Waals surface area contributed by atoms with E-state index in [4.69, 9.17) is 0 Å². The summed E-state index contributed by atoms with van der Waals surface area (Å²) in [6, 6.07) is 16.5. The number of hydrazone groups is 1. The Bertz CT molecular complexity index is 1620. The lowest BCUT2D eigenvalue weighted by atomic mass is 10.1. The van der Waals surface area contributed by atoms with Crippen molar-refractivity contribution < 1.29 is 27.5 Å². The number of alkyl halides is 3. The second-order valence-corrected chi connectivity index (χ2v) is 8.37. The van der Waals surface area contributed by atoms with E-state index in [0.717, 1.165) is 5.56 Å². The first-order valence-corrected chi connectivity index (χ1v) is 11.6. The highest BCUT2D eigenvalue weighted by atomic mass is 19.4. The van der Waals surface area contributed by atoms with E-state index in [2.05, 4.69) is 37.1 Å². The molecule has 0 radical (unpaired) electrons. The summed E-state index contributed by atoms with van der Waals surface area (Å²) < 4.78 is 43.9. The maximum Gasteiger partial charge on any atom is 0.490 e. The Balaban J connectivity index is 1.41. The van der Waals surface area contributed by atoms with Crippen molar-refractivity contribution in [3.8, 4) is 11.8 Å². The van der Waals surface area contributed by atoms with Crippen LogP contribution in [-0.4, -0.2) is 44.0 Å². The van der Waals surface area contributed by atoms with Gasteiger partial charge in [-0.2, -0.15) is 23.4 Å². The zero-order valence-electron chi connectivity index (χ0n) is 20.1. The molecule has 2 amide bonds. The van der Waals surface area contributed by atoms with Gasteiger partial charge in [-0.3, -0.25) is 0 Å². The minimum absolute atomic E-state index is 0.209. The highest BCUT2D eigenvalue weighted by Gasteiger charge is 2.41. The smallest absolute Gasteiger partial charge is 0.454 e. The van der Waals surface area contributed by atoms with Gasteiger partial charge in [0.1, 0.15) is 12.3 Å². The van der Waals surface area contributed by atoms with Crippen molar-refractivity contribution in [3.63, 3.8) is 0 Å². The van der Waals surface area contributed by atoms with Crippen LogP contribution in [0.4, 0.5) is 23.7 Å². The number of urea groups is 1. The summed E-state index contributed by atoms with van der Waals surface area (Å²) in [5.41, 5.74) is 2.66. The highest BCUT2D eigenvalue weighted by molar-refractivity contribution is 5.91. The molecule has 4 aromatic rings. The number of halogens is 3. The first kappa shape index (κ1) is 25.5. The zero-order chi connectivity index (χ0) is 27.4. The quantitative estimate of drug-likeness (QED) is 0.303. The number of rotatable bonds is 4. The van der Waals surface area contributed by atoms with E-state index in [1.165, 1.54) is 33.9 Å². The summed E-state index contributed by atoms with van der Waals surface area (Å²) in [5.74, 6) is 3.44. The molecule has 1 N–H and O–H groups in total. The molecule has 2 aromatic carbocycles. The van der Waals surface area contributed by atoms with Gasteiger partial charge >= 0.3 is 18.2 Å². The van der Waals surface area contributed by atoms with Crippen LogP contribution in [0.2, 0.25) is 0 Å². The van der Waals surface area contributed by atoms with E-state index in [0.29, 0.717) is 23.4 Å². The maximum absolute atomic E-state index is 13.1. The van der Waals surface area contributed by atoms with Gasteiger partial charge in [0.05, 0.1) is 12.2 Å². The molecule has 1 atom stereocenters. The number of fused-ring (bicyclic) bond motifs is 1. The van der Waals surface area contributed by atoms with E-state index >= 15 is 0 Å². The molecule has 0 saturated heterocycles. The van der Waals surface area contributed by atoms with Crippen LogP contribution < -0.4 is 5.32 Å². The molecule has 196 valence electrons. The molecule has 1 aliphatic rings. The fraction of sp³-hybridized carbons (Fsp3) is 0.148. The number of nitrogens with zero attached hydrogens (tertiary/aromatic N) is 5. The summed E-state index contributed by atoms with van der Waals surface area (Å²) in [6.07, 6.45) is 0.121. The summed E-state index contributed by atoms with van der Waals surface area (Å²) >= 11 is 0. The summed E-state index contributed by atoms with van der Waals surface area (Å²) in [6.45, 7) is -0.672. The fourth-order valence-corrected chi connectivity index (χ4v) is 3.91. The van der Waals surface area contributed by atoms with Crippen LogP contribution in [0.3, 0.4) is 0 Å². The first-order valence-electron chi connectivity index (χ1n) is 11.6. The third kappa shape index (κ3) is 5.72. The van der Waals surface area contributed by atoms with Crippen LogP contribution in [0.15, 0.2) is 78.2 Å². The van der Waals surface area contributed by atoms with Crippen molar-refractivity contribution in [2.75, 3.05) is 5.32 Å². The molecule has 0 aliphatic carbocycles. The Morgan fingerprint density at radius 1 is 1.08 bits per heavy atom. The average molecular weight is 532 g/mol. The lowest BCUT2D eigenvalue weighted by Crippen LogP contribution is -2.31. The number of amides is 2. The summed E-state index contributed by atoms with van der Waals surface area (Å²) in [4.78, 5) is 28.5. The number of nitrogens with one attached hydrogen (secondary N) is 1. The molecule has 1 aliphatic heterocycles. The Labute approximate surface area is 219 Å². The van der Waals surface area contributed by atoms with Crippen LogP contribution in [0.1, 0.15) is 34.8 Å². The molecule has 5 rings (SSSR count). The van der Waals surface area contributed by atoms with Crippen LogP contribution in [0, 0.1) is 11.8 Å². The maximum atomic E-state index is 13.1. The Morgan fingerprint density at radius 2 is 1.90 bits per heavy atom. The molecule has 2 aromatic heterocycles. The number of ether oxygens (including phenoxy) is 1. The van der Waals surface area contributed by atoms with Gasteiger partial charge in [-0.1, -0.05) is 42.3 Å². The number of esters is 1. The number of carbonyl (C=O) groups excluding carboxylic acids is 2. The third-order valence-electron chi connectivity index (χ3n) is 5.78. The van der Waals surface area contributed by atoms with Crippen LogP contribution in [-0.2, 0) is 16.1 Å². The predicted molar refractivity (Wildman–Crippen MR) is 134 cm³/mol. The molecule has 39 heavy (non-hydrogen) atoms. The highest BCUT2D eigenvalue weighted by Crippen LogP contribution is 2.29. The van der Waals surface area contributed by atoms with Crippen molar-refractivity contribution in [1.29, 1.82) is 0 Å². The molecule has 9 nitrogen and oxygen atoms in total. The molecule has 0 bridgehead atoms. The summed E-state index contributed by atoms with van der Waals surface area (Å²) in [7, 11) is 0. The number of aromatic nitrogens is 3. The van der Waals surface area contributed by atoms with Gasteiger partial charge in [-0.25, -0.2) is 24.1 Å². The fourth-order valence-electron chi connectivity index (χ4n) is 3.91. The number of hydrogen-bond acceptors (Lipinski definition) is 6. The number of benzene rings is 2. The van der Waals surface area contributed by atoms with Crippen molar-refractivity contribution in [1.82, 2.24) is 19.6 Å². The Hall–Kier alpha value is -5.18. The molecular formula is C27H19F3N6O3. The average Bonchev–Trinajstić information content (AvgIpc) is 3.59. The van der Waals surface area contributed by atoms with Crippen molar-refractivity contribution in [3.05, 3.63) is 95.4 Å². The van der Waals surface area contributed by atoms with E-state index in [9.17, 15) is 22.8 Å². The molecule has 0 fully saturated rings. The molecule has 0 unspecified atom stereocenters. The van der Waals surface area contributed by atoms with Crippen molar-refractivity contribution in [2.24, 2.45) is 5.10 Å². The molecule has 3 heterocycles. The number of imidazole rings is 1. The van der Waals surface area contributed by atoms with Crippen molar-refractivity contribution in [2.45, 2.75) is 25.2 Å². The first-order chi connectivity index (χ1) is 18.8. The van der Waals surface area contributed by atoms with E-state index in [1.807, 2.05) is 30.3 Å². The molecular weight excluding hydrogens is 513 g/mol.